The van der Waals surface area contributed by atoms with Crippen molar-refractivity contribution in [2.24, 2.45) is 0 Å². The summed E-state index contributed by atoms with van der Waals surface area (Å²) in [6, 6.07) is 11.6. The molecule has 0 spiro atoms. The second kappa shape index (κ2) is 8.04. The minimum atomic E-state index is -0.370. The fourth-order valence-corrected chi connectivity index (χ4v) is 2.53. The number of ether oxygens (including phenoxy) is 1. The first-order valence-electron chi connectivity index (χ1n) is 7.07. The number of hydrogen-bond donors (Lipinski definition) is 1. The minimum absolute atomic E-state index is 0.138. The number of rotatable bonds is 5. The predicted molar refractivity (Wildman–Crippen MR) is 96.1 cm³/mol. The standard InChI is InChI=1S/C17H16Cl2N2O3/c1-11(22)21(13-4-6-14(24-2)7-5-13)10-17(23)20-16-8-3-12(18)9-15(16)19/h3-9H,10H2,1-2H3,(H,20,23). The van der Waals surface area contributed by atoms with E-state index < -0.39 is 0 Å². The van der Waals surface area contributed by atoms with Gasteiger partial charge in [-0.25, -0.2) is 0 Å². The number of benzene rings is 2. The molecule has 0 saturated carbocycles. The van der Waals surface area contributed by atoms with Gasteiger partial charge < -0.3 is 15.0 Å². The van der Waals surface area contributed by atoms with Crippen LogP contribution in [-0.4, -0.2) is 25.5 Å². The Hall–Kier alpha value is -2.24. The van der Waals surface area contributed by atoms with E-state index in [4.69, 9.17) is 27.9 Å². The van der Waals surface area contributed by atoms with E-state index >= 15 is 0 Å². The number of carbonyl (C=O) groups excluding carboxylic acids is 2. The van der Waals surface area contributed by atoms with E-state index in [9.17, 15) is 9.59 Å². The number of nitrogens with zero attached hydrogens (tertiary/aromatic N) is 1. The summed E-state index contributed by atoms with van der Waals surface area (Å²) in [6.45, 7) is 1.26. The van der Waals surface area contributed by atoms with Gasteiger partial charge in [-0.2, -0.15) is 0 Å². The summed E-state index contributed by atoms with van der Waals surface area (Å²) in [7, 11) is 1.56. The molecule has 2 amide bonds. The summed E-state index contributed by atoms with van der Waals surface area (Å²) in [5.41, 5.74) is 1.03. The highest BCUT2D eigenvalue weighted by Gasteiger charge is 2.16. The van der Waals surface area contributed by atoms with Crippen molar-refractivity contribution in [2.75, 3.05) is 23.9 Å². The zero-order chi connectivity index (χ0) is 17.7. The van der Waals surface area contributed by atoms with E-state index in [2.05, 4.69) is 5.32 Å². The molecule has 0 aliphatic heterocycles. The van der Waals surface area contributed by atoms with Gasteiger partial charge in [0.05, 0.1) is 17.8 Å². The molecular formula is C17H16Cl2N2O3. The largest absolute Gasteiger partial charge is 0.497 e. The zero-order valence-corrected chi connectivity index (χ0v) is 14.7. The number of amides is 2. The van der Waals surface area contributed by atoms with Crippen molar-refractivity contribution in [1.82, 2.24) is 0 Å². The lowest BCUT2D eigenvalue weighted by molar-refractivity contribution is -0.120. The molecule has 2 rings (SSSR count). The first-order chi connectivity index (χ1) is 11.4. The number of halogens is 2. The fourth-order valence-electron chi connectivity index (χ4n) is 2.07. The van der Waals surface area contributed by atoms with Crippen molar-refractivity contribution >= 4 is 46.4 Å². The molecule has 0 aliphatic rings. The van der Waals surface area contributed by atoms with Crippen molar-refractivity contribution in [3.8, 4) is 5.75 Å². The van der Waals surface area contributed by atoms with Gasteiger partial charge in [-0.1, -0.05) is 23.2 Å². The normalized spacial score (nSPS) is 10.2. The van der Waals surface area contributed by atoms with Gasteiger partial charge in [0.15, 0.2) is 0 Å². The van der Waals surface area contributed by atoms with E-state index in [-0.39, 0.29) is 18.4 Å². The molecule has 126 valence electrons. The first kappa shape index (κ1) is 18.1. The van der Waals surface area contributed by atoms with Gasteiger partial charge in [-0.3, -0.25) is 9.59 Å². The molecule has 5 nitrogen and oxygen atoms in total. The predicted octanol–water partition coefficient (Wildman–Crippen LogP) is 3.99. The Bertz CT molecular complexity index is 748. The zero-order valence-electron chi connectivity index (χ0n) is 13.2. The quantitative estimate of drug-likeness (QED) is 0.869. The molecule has 0 fully saturated rings. The molecule has 0 heterocycles. The van der Waals surface area contributed by atoms with Crippen LogP contribution in [0.15, 0.2) is 42.5 Å². The maximum absolute atomic E-state index is 12.2. The Morgan fingerprint density at radius 1 is 1.12 bits per heavy atom. The van der Waals surface area contributed by atoms with Crippen LogP contribution in [-0.2, 0) is 9.59 Å². The van der Waals surface area contributed by atoms with E-state index in [1.54, 1.807) is 43.5 Å². The molecular weight excluding hydrogens is 351 g/mol. The van der Waals surface area contributed by atoms with E-state index in [1.165, 1.54) is 17.9 Å². The third-order valence-corrected chi connectivity index (χ3v) is 3.82. The summed E-state index contributed by atoms with van der Waals surface area (Å²) in [5, 5.41) is 3.47. The lowest BCUT2D eigenvalue weighted by Gasteiger charge is -2.21. The number of methoxy groups -OCH3 is 1. The van der Waals surface area contributed by atoms with Crippen molar-refractivity contribution in [1.29, 1.82) is 0 Å². The van der Waals surface area contributed by atoms with Crippen LogP contribution < -0.4 is 15.0 Å². The molecule has 0 aromatic heterocycles. The Morgan fingerprint density at radius 2 is 1.79 bits per heavy atom. The smallest absolute Gasteiger partial charge is 0.244 e. The van der Waals surface area contributed by atoms with Crippen LogP contribution in [0.3, 0.4) is 0 Å². The second-order valence-corrected chi connectivity index (χ2v) is 5.82. The van der Waals surface area contributed by atoms with Crippen LogP contribution in [0.1, 0.15) is 6.92 Å². The summed E-state index contributed by atoms with van der Waals surface area (Å²) in [5.74, 6) is 0.0439. The lowest BCUT2D eigenvalue weighted by atomic mass is 10.2. The van der Waals surface area contributed by atoms with E-state index in [0.717, 1.165) is 0 Å². The molecule has 0 unspecified atom stereocenters. The summed E-state index contributed by atoms with van der Waals surface area (Å²) >= 11 is 11.9. The molecule has 2 aromatic rings. The summed E-state index contributed by atoms with van der Waals surface area (Å²) < 4.78 is 5.08. The minimum Gasteiger partial charge on any atom is -0.497 e. The third-order valence-electron chi connectivity index (χ3n) is 3.27. The van der Waals surface area contributed by atoms with Crippen molar-refractivity contribution in [3.05, 3.63) is 52.5 Å². The highest BCUT2D eigenvalue weighted by molar-refractivity contribution is 6.36. The highest BCUT2D eigenvalue weighted by atomic mass is 35.5. The van der Waals surface area contributed by atoms with E-state index in [0.29, 0.717) is 27.2 Å². The average Bonchev–Trinajstić information content (AvgIpc) is 2.55. The maximum atomic E-state index is 12.2. The Labute approximate surface area is 150 Å². The molecule has 0 atom stereocenters. The lowest BCUT2D eigenvalue weighted by Crippen LogP contribution is -2.36. The number of hydrogen-bond acceptors (Lipinski definition) is 3. The van der Waals surface area contributed by atoms with Crippen LogP contribution in [0, 0.1) is 0 Å². The molecule has 7 heteroatoms. The summed E-state index contributed by atoms with van der Waals surface area (Å²) in [6.07, 6.45) is 0. The third kappa shape index (κ3) is 4.63. The van der Waals surface area contributed by atoms with Gasteiger partial charge in [0.25, 0.3) is 0 Å². The van der Waals surface area contributed by atoms with Crippen LogP contribution in [0.4, 0.5) is 11.4 Å². The van der Waals surface area contributed by atoms with Gasteiger partial charge in [-0.15, -0.1) is 0 Å². The van der Waals surface area contributed by atoms with Gasteiger partial charge in [-0.05, 0) is 42.5 Å². The topological polar surface area (TPSA) is 58.6 Å². The number of carbonyl (C=O) groups is 2. The van der Waals surface area contributed by atoms with Crippen molar-refractivity contribution in [2.45, 2.75) is 6.92 Å². The van der Waals surface area contributed by atoms with Crippen molar-refractivity contribution in [3.63, 3.8) is 0 Å². The SMILES string of the molecule is COc1ccc(N(CC(=O)Nc2ccc(Cl)cc2Cl)C(C)=O)cc1. The van der Waals surface area contributed by atoms with Gasteiger partial charge in [0.1, 0.15) is 12.3 Å². The Morgan fingerprint density at radius 3 is 2.33 bits per heavy atom. The number of anilines is 2. The summed E-state index contributed by atoms with van der Waals surface area (Å²) in [4.78, 5) is 25.5. The molecule has 0 bridgehead atoms. The Kier molecular flexibility index (Phi) is 6.06. The van der Waals surface area contributed by atoms with Crippen LogP contribution >= 0.6 is 23.2 Å². The first-order valence-corrected chi connectivity index (χ1v) is 7.83. The molecule has 0 radical (unpaired) electrons. The number of nitrogens with one attached hydrogen (secondary N) is 1. The van der Waals surface area contributed by atoms with Gasteiger partial charge in [0, 0.05) is 17.6 Å². The van der Waals surface area contributed by atoms with Crippen molar-refractivity contribution < 1.29 is 14.3 Å². The van der Waals surface area contributed by atoms with Crippen LogP contribution in [0.5, 0.6) is 5.75 Å². The van der Waals surface area contributed by atoms with Gasteiger partial charge >= 0.3 is 0 Å². The fraction of sp³-hybridized carbons (Fsp3) is 0.176. The van der Waals surface area contributed by atoms with E-state index in [1.807, 2.05) is 0 Å². The molecule has 1 N–H and O–H groups in total. The van der Waals surface area contributed by atoms with Gasteiger partial charge in [0.2, 0.25) is 11.8 Å². The molecule has 24 heavy (non-hydrogen) atoms. The molecule has 2 aromatic carbocycles. The van der Waals surface area contributed by atoms with Crippen LogP contribution in [0.2, 0.25) is 10.0 Å². The molecule has 0 saturated heterocycles. The van der Waals surface area contributed by atoms with Crippen LogP contribution in [0.25, 0.3) is 0 Å². The highest BCUT2D eigenvalue weighted by Crippen LogP contribution is 2.25. The monoisotopic (exact) mass is 366 g/mol. The maximum Gasteiger partial charge on any atom is 0.244 e. The average molecular weight is 367 g/mol. The molecule has 0 aliphatic carbocycles. The Balaban J connectivity index is 2.11. The second-order valence-electron chi connectivity index (χ2n) is 4.98.